The molecule has 6 nitrogen and oxygen atoms in total. The highest BCUT2D eigenvalue weighted by Gasteiger charge is 2.21. The Kier molecular flexibility index (Phi) is 5.61. The van der Waals surface area contributed by atoms with Gasteiger partial charge in [0.15, 0.2) is 0 Å². The van der Waals surface area contributed by atoms with Crippen molar-refractivity contribution in [3.63, 3.8) is 0 Å². The molecule has 0 aliphatic carbocycles. The minimum absolute atomic E-state index is 0.172. The maximum Gasteiger partial charge on any atom is 0.259 e. The summed E-state index contributed by atoms with van der Waals surface area (Å²) in [6.07, 6.45) is 3.63. The molecule has 1 aliphatic rings. The molecule has 0 bridgehead atoms. The molecule has 3 aromatic rings. The van der Waals surface area contributed by atoms with Crippen molar-refractivity contribution in [2.75, 3.05) is 11.9 Å². The number of rotatable bonds is 6. The third-order valence-electron chi connectivity index (χ3n) is 5.25. The quantitative estimate of drug-likeness (QED) is 0.674. The summed E-state index contributed by atoms with van der Waals surface area (Å²) in [5.41, 5.74) is 3.56. The van der Waals surface area contributed by atoms with Crippen LogP contribution in [0.4, 0.5) is 10.1 Å². The van der Waals surface area contributed by atoms with Crippen molar-refractivity contribution in [1.29, 1.82) is 0 Å². The van der Waals surface area contributed by atoms with Gasteiger partial charge in [-0.05, 0) is 54.8 Å². The van der Waals surface area contributed by atoms with Crippen LogP contribution in [-0.2, 0) is 17.8 Å². The molecule has 2 heterocycles. The average Bonchev–Trinajstić information content (AvgIpc) is 3.35. The molecular weight excluding hydrogens is 383 g/mol. The van der Waals surface area contributed by atoms with Gasteiger partial charge >= 0.3 is 0 Å². The topological polar surface area (TPSA) is 67.2 Å². The first-order valence-electron chi connectivity index (χ1n) is 10.1. The van der Waals surface area contributed by atoms with Crippen molar-refractivity contribution >= 4 is 17.5 Å². The second-order valence-corrected chi connectivity index (χ2v) is 7.32. The van der Waals surface area contributed by atoms with Gasteiger partial charge in [-0.25, -0.2) is 9.07 Å². The smallest absolute Gasteiger partial charge is 0.259 e. The van der Waals surface area contributed by atoms with E-state index in [1.807, 2.05) is 36.1 Å². The van der Waals surface area contributed by atoms with Crippen molar-refractivity contribution in [2.45, 2.75) is 32.7 Å². The number of anilines is 1. The number of benzene rings is 2. The first-order valence-corrected chi connectivity index (χ1v) is 10.1. The highest BCUT2D eigenvalue weighted by Crippen LogP contribution is 2.20. The lowest BCUT2D eigenvalue weighted by atomic mass is 10.1. The van der Waals surface area contributed by atoms with E-state index in [4.69, 9.17) is 0 Å². The molecular formula is C23H23FN4O2. The van der Waals surface area contributed by atoms with Crippen LogP contribution in [0.1, 0.15) is 41.4 Å². The molecule has 0 radical (unpaired) electrons. The normalized spacial score (nSPS) is 13.7. The number of carbonyl (C=O) groups is 2. The van der Waals surface area contributed by atoms with E-state index >= 15 is 0 Å². The van der Waals surface area contributed by atoms with E-state index < -0.39 is 0 Å². The van der Waals surface area contributed by atoms with Gasteiger partial charge < -0.3 is 10.2 Å². The number of likely N-dealkylation sites (tertiary alicyclic amines) is 1. The second kappa shape index (κ2) is 8.49. The van der Waals surface area contributed by atoms with Crippen molar-refractivity contribution in [2.24, 2.45) is 0 Å². The fourth-order valence-corrected chi connectivity index (χ4v) is 3.75. The van der Waals surface area contributed by atoms with Crippen LogP contribution < -0.4 is 5.32 Å². The number of aromatic nitrogens is 2. The Bertz CT molecular complexity index is 1080. The molecule has 0 saturated carbocycles. The molecule has 1 saturated heterocycles. The first-order chi connectivity index (χ1) is 14.5. The van der Waals surface area contributed by atoms with Gasteiger partial charge in [0.25, 0.3) is 5.91 Å². The molecule has 1 aliphatic heterocycles. The molecule has 4 rings (SSSR count). The van der Waals surface area contributed by atoms with E-state index in [9.17, 15) is 14.0 Å². The van der Waals surface area contributed by atoms with Crippen molar-refractivity contribution < 1.29 is 14.0 Å². The van der Waals surface area contributed by atoms with Gasteiger partial charge in [0.2, 0.25) is 5.91 Å². The molecule has 0 atom stereocenters. The van der Waals surface area contributed by atoms with Gasteiger partial charge in [-0.3, -0.25) is 9.59 Å². The van der Waals surface area contributed by atoms with E-state index in [2.05, 4.69) is 10.4 Å². The van der Waals surface area contributed by atoms with Crippen LogP contribution in [0.5, 0.6) is 0 Å². The Hall–Kier alpha value is -3.48. The largest absolute Gasteiger partial charge is 0.338 e. The molecule has 1 N–H and O–H groups in total. The number of halogens is 1. The maximum atomic E-state index is 13.2. The summed E-state index contributed by atoms with van der Waals surface area (Å²) in [7, 11) is 0. The number of nitrogens with one attached hydrogen (secondary N) is 1. The van der Waals surface area contributed by atoms with Crippen LogP contribution >= 0.6 is 0 Å². The third kappa shape index (κ3) is 4.10. The van der Waals surface area contributed by atoms with Gasteiger partial charge in [-0.1, -0.05) is 19.1 Å². The second-order valence-electron chi connectivity index (χ2n) is 7.32. The number of carbonyl (C=O) groups excluding carboxylic acids is 2. The minimum Gasteiger partial charge on any atom is -0.338 e. The molecule has 7 heteroatoms. The Morgan fingerprint density at radius 2 is 2.00 bits per heavy atom. The van der Waals surface area contributed by atoms with Gasteiger partial charge in [0, 0.05) is 25.2 Å². The summed E-state index contributed by atoms with van der Waals surface area (Å²) in [6, 6.07) is 13.5. The first kappa shape index (κ1) is 19.8. The van der Waals surface area contributed by atoms with E-state index in [0.717, 1.165) is 24.2 Å². The molecule has 0 spiro atoms. The molecule has 30 heavy (non-hydrogen) atoms. The summed E-state index contributed by atoms with van der Waals surface area (Å²) in [5, 5.41) is 7.26. The molecule has 2 amide bonds. The maximum absolute atomic E-state index is 13.2. The predicted octanol–water partition coefficient (Wildman–Crippen LogP) is 3.95. The molecule has 1 fully saturated rings. The molecule has 0 unspecified atom stereocenters. The molecule has 1 aromatic heterocycles. The zero-order chi connectivity index (χ0) is 21.1. The Balaban J connectivity index is 1.52. The highest BCUT2D eigenvalue weighted by atomic mass is 19.1. The van der Waals surface area contributed by atoms with Crippen LogP contribution in [-0.4, -0.2) is 33.0 Å². The van der Waals surface area contributed by atoms with Crippen LogP contribution in [0.25, 0.3) is 5.69 Å². The number of amides is 2. The zero-order valence-electron chi connectivity index (χ0n) is 16.8. The van der Waals surface area contributed by atoms with Crippen molar-refractivity contribution in [3.05, 3.63) is 77.4 Å². The van der Waals surface area contributed by atoms with E-state index in [1.165, 1.54) is 18.3 Å². The van der Waals surface area contributed by atoms with Crippen molar-refractivity contribution in [1.82, 2.24) is 14.7 Å². The van der Waals surface area contributed by atoms with Crippen LogP contribution in [0.2, 0.25) is 0 Å². The summed E-state index contributed by atoms with van der Waals surface area (Å²) < 4.78 is 14.9. The summed E-state index contributed by atoms with van der Waals surface area (Å²) in [5.74, 6) is -0.405. The third-order valence-corrected chi connectivity index (χ3v) is 5.25. The number of hydrogen-bond donors (Lipinski definition) is 1. The van der Waals surface area contributed by atoms with Gasteiger partial charge in [0.1, 0.15) is 5.82 Å². The van der Waals surface area contributed by atoms with E-state index in [0.29, 0.717) is 36.3 Å². The zero-order valence-corrected chi connectivity index (χ0v) is 16.8. The van der Waals surface area contributed by atoms with Crippen molar-refractivity contribution in [3.8, 4) is 5.69 Å². The standard InChI is InChI=1S/C23H23FN4O2/c1-2-21-20(14-25-28(21)19-10-8-17(24)9-11-19)23(30)26-18-6-3-5-16(13-18)15-27-12-4-7-22(27)29/h3,5-6,8-11,13-14H,2,4,7,12,15H2,1H3,(H,26,30). The fraction of sp³-hybridized carbons (Fsp3) is 0.261. The molecule has 154 valence electrons. The summed E-state index contributed by atoms with van der Waals surface area (Å²) >= 11 is 0. The fourth-order valence-electron chi connectivity index (χ4n) is 3.75. The number of hydrogen-bond acceptors (Lipinski definition) is 3. The van der Waals surface area contributed by atoms with Crippen LogP contribution in [0.3, 0.4) is 0 Å². The van der Waals surface area contributed by atoms with Gasteiger partial charge in [-0.15, -0.1) is 0 Å². The summed E-state index contributed by atoms with van der Waals surface area (Å²) in [6.45, 7) is 3.27. The number of nitrogens with zero attached hydrogens (tertiary/aromatic N) is 3. The van der Waals surface area contributed by atoms with Gasteiger partial charge in [0.05, 0.1) is 23.1 Å². The average molecular weight is 406 g/mol. The van der Waals surface area contributed by atoms with Crippen LogP contribution in [0, 0.1) is 5.82 Å². The Labute approximate surface area is 174 Å². The van der Waals surface area contributed by atoms with E-state index in [-0.39, 0.29) is 17.6 Å². The van der Waals surface area contributed by atoms with E-state index in [1.54, 1.807) is 16.8 Å². The molecule has 2 aromatic carbocycles. The van der Waals surface area contributed by atoms with Crippen LogP contribution in [0.15, 0.2) is 54.7 Å². The minimum atomic E-state index is -0.322. The predicted molar refractivity (Wildman–Crippen MR) is 112 cm³/mol. The summed E-state index contributed by atoms with van der Waals surface area (Å²) in [4.78, 5) is 26.6. The van der Waals surface area contributed by atoms with Gasteiger partial charge in [-0.2, -0.15) is 5.10 Å². The SMILES string of the molecule is CCc1c(C(=O)Nc2cccc(CN3CCCC3=O)c2)cnn1-c1ccc(F)cc1. The Morgan fingerprint density at radius 3 is 2.70 bits per heavy atom. The Morgan fingerprint density at radius 1 is 1.20 bits per heavy atom. The lowest BCUT2D eigenvalue weighted by molar-refractivity contribution is -0.128. The monoisotopic (exact) mass is 406 g/mol. The lowest BCUT2D eigenvalue weighted by Gasteiger charge is -2.16. The highest BCUT2D eigenvalue weighted by molar-refractivity contribution is 6.05. The lowest BCUT2D eigenvalue weighted by Crippen LogP contribution is -2.23.